The Morgan fingerprint density at radius 1 is 1.40 bits per heavy atom. The van der Waals surface area contributed by atoms with Crippen LogP contribution in [0.15, 0.2) is 12.3 Å². The van der Waals surface area contributed by atoms with Gasteiger partial charge in [-0.1, -0.05) is 20.8 Å². The van der Waals surface area contributed by atoms with E-state index in [0.29, 0.717) is 5.92 Å². The number of hydrogen-bond donors (Lipinski definition) is 0. The fourth-order valence-electron chi connectivity index (χ4n) is 1.72. The van der Waals surface area contributed by atoms with Crippen molar-refractivity contribution in [3.8, 4) is 0 Å². The molecule has 0 amide bonds. The molecule has 0 saturated heterocycles. The van der Waals surface area contributed by atoms with Crippen molar-refractivity contribution in [3.63, 3.8) is 0 Å². The van der Waals surface area contributed by atoms with Gasteiger partial charge in [-0.15, -0.1) is 0 Å². The molecule has 2 rings (SSSR count). The molecule has 15 heavy (non-hydrogen) atoms. The molecular formula is C12H17N3. The van der Waals surface area contributed by atoms with Gasteiger partial charge in [-0.3, -0.25) is 0 Å². The van der Waals surface area contributed by atoms with Crippen molar-refractivity contribution in [2.75, 3.05) is 0 Å². The summed E-state index contributed by atoms with van der Waals surface area (Å²) in [5.41, 5.74) is 4.44. The molecule has 0 aliphatic rings. The minimum Gasteiger partial charge on any atom is -0.232 e. The molecule has 80 valence electrons. The van der Waals surface area contributed by atoms with Crippen LogP contribution in [-0.2, 0) is 6.42 Å². The molecule has 3 nitrogen and oxygen atoms in total. The lowest BCUT2D eigenvalue weighted by atomic mass is 10.1. The summed E-state index contributed by atoms with van der Waals surface area (Å²) in [6.07, 6.45) is 2.99. The Morgan fingerprint density at radius 2 is 2.13 bits per heavy atom. The van der Waals surface area contributed by atoms with Crippen molar-refractivity contribution in [1.29, 1.82) is 0 Å². The van der Waals surface area contributed by atoms with Crippen LogP contribution in [-0.4, -0.2) is 14.6 Å². The number of rotatable bonds is 2. The highest BCUT2D eigenvalue weighted by molar-refractivity contribution is 5.48. The van der Waals surface area contributed by atoms with Gasteiger partial charge >= 0.3 is 0 Å². The third-order valence-corrected chi connectivity index (χ3v) is 2.61. The van der Waals surface area contributed by atoms with E-state index in [2.05, 4.69) is 36.9 Å². The monoisotopic (exact) mass is 203 g/mol. The molecule has 0 N–H and O–H groups in total. The van der Waals surface area contributed by atoms with Crippen LogP contribution in [0, 0.1) is 6.92 Å². The summed E-state index contributed by atoms with van der Waals surface area (Å²) in [6.45, 7) is 8.49. The van der Waals surface area contributed by atoms with Crippen LogP contribution >= 0.6 is 0 Å². The van der Waals surface area contributed by atoms with Crippen LogP contribution in [0.3, 0.4) is 0 Å². The average Bonchev–Trinajstić information content (AvgIpc) is 2.56. The molecule has 2 aromatic rings. The highest BCUT2D eigenvalue weighted by Gasteiger charge is 2.09. The third-order valence-electron chi connectivity index (χ3n) is 2.61. The first-order chi connectivity index (χ1) is 7.11. The Kier molecular flexibility index (Phi) is 2.47. The Labute approximate surface area is 90.1 Å². The second-order valence-corrected chi connectivity index (χ2v) is 4.25. The van der Waals surface area contributed by atoms with Gasteiger partial charge in [-0.05, 0) is 30.9 Å². The number of nitrogens with zero attached hydrogens (tertiary/aromatic N) is 3. The van der Waals surface area contributed by atoms with Crippen molar-refractivity contribution >= 4 is 5.65 Å². The van der Waals surface area contributed by atoms with Gasteiger partial charge in [0.2, 0.25) is 0 Å². The summed E-state index contributed by atoms with van der Waals surface area (Å²) >= 11 is 0. The summed E-state index contributed by atoms with van der Waals surface area (Å²) in [7, 11) is 0. The zero-order valence-corrected chi connectivity index (χ0v) is 9.78. The number of fused-ring (bicyclic) bond motifs is 1. The predicted octanol–water partition coefficient (Wildman–Crippen LogP) is 2.72. The van der Waals surface area contributed by atoms with Crippen molar-refractivity contribution in [3.05, 3.63) is 29.2 Å². The maximum absolute atomic E-state index is 4.56. The molecule has 3 heteroatoms. The van der Waals surface area contributed by atoms with E-state index in [1.165, 1.54) is 5.56 Å². The molecule has 0 aliphatic heterocycles. The lowest BCUT2D eigenvalue weighted by molar-refractivity contribution is 0.757. The molecule has 0 atom stereocenters. The largest absolute Gasteiger partial charge is 0.232 e. The Morgan fingerprint density at radius 3 is 2.73 bits per heavy atom. The second kappa shape index (κ2) is 3.65. The van der Waals surface area contributed by atoms with Gasteiger partial charge in [0.05, 0.1) is 17.6 Å². The lowest BCUT2D eigenvalue weighted by Crippen LogP contribution is -2.02. The minimum atomic E-state index is 0.461. The first-order valence-electron chi connectivity index (χ1n) is 5.47. The van der Waals surface area contributed by atoms with E-state index in [0.717, 1.165) is 23.5 Å². The number of aryl methyl sites for hydroxylation is 2. The average molecular weight is 203 g/mol. The van der Waals surface area contributed by atoms with Crippen LogP contribution in [0.1, 0.15) is 43.6 Å². The summed E-state index contributed by atoms with van der Waals surface area (Å²) in [4.78, 5) is 4.48. The SMILES string of the molecule is CCc1cc(C(C)C)nn2cc(C)nc12. The zero-order valence-electron chi connectivity index (χ0n) is 9.78. The molecule has 2 aromatic heterocycles. The van der Waals surface area contributed by atoms with Gasteiger partial charge < -0.3 is 0 Å². The molecule has 0 bridgehead atoms. The van der Waals surface area contributed by atoms with E-state index in [1.807, 2.05) is 17.6 Å². The van der Waals surface area contributed by atoms with Gasteiger partial charge in [0, 0.05) is 0 Å². The van der Waals surface area contributed by atoms with Crippen LogP contribution in [0.5, 0.6) is 0 Å². The van der Waals surface area contributed by atoms with Crippen molar-refractivity contribution in [2.45, 2.75) is 40.0 Å². The van der Waals surface area contributed by atoms with Crippen LogP contribution in [0.25, 0.3) is 5.65 Å². The van der Waals surface area contributed by atoms with Gasteiger partial charge in [-0.2, -0.15) is 5.10 Å². The summed E-state index contributed by atoms with van der Waals surface area (Å²) in [5, 5.41) is 4.56. The maximum Gasteiger partial charge on any atom is 0.156 e. The Balaban J connectivity index is 2.70. The smallest absolute Gasteiger partial charge is 0.156 e. The van der Waals surface area contributed by atoms with Gasteiger partial charge in [0.25, 0.3) is 0 Å². The highest BCUT2D eigenvalue weighted by Crippen LogP contribution is 2.17. The zero-order chi connectivity index (χ0) is 11.0. The predicted molar refractivity (Wildman–Crippen MR) is 61.2 cm³/mol. The normalized spacial score (nSPS) is 11.5. The Hall–Kier alpha value is -1.38. The van der Waals surface area contributed by atoms with Crippen molar-refractivity contribution < 1.29 is 0 Å². The maximum atomic E-state index is 4.56. The molecular weight excluding hydrogens is 186 g/mol. The highest BCUT2D eigenvalue weighted by atomic mass is 15.2. The van der Waals surface area contributed by atoms with Crippen LogP contribution in [0.2, 0.25) is 0 Å². The number of aromatic nitrogens is 3. The molecule has 0 spiro atoms. The fraction of sp³-hybridized carbons (Fsp3) is 0.500. The molecule has 0 radical (unpaired) electrons. The van der Waals surface area contributed by atoms with E-state index < -0.39 is 0 Å². The molecule has 2 heterocycles. The second-order valence-electron chi connectivity index (χ2n) is 4.25. The summed E-state index contributed by atoms with van der Waals surface area (Å²) in [6, 6.07) is 2.17. The molecule has 0 aliphatic carbocycles. The molecule has 0 unspecified atom stereocenters. The van der Waals surface area contributed by atoms with E-state index in [4.69, 9.17) is 0 Å². The molecule has 0 fully saturated rings. The topological polar surface area (TPSA) is 30.2 Å². The summed E-state index contributed by atoms with van der Waals surface area (Å²) < 4.78 is 1.91. The minimum absolute atomic E-state index is 0.461. The molecule has 0 aromatic carbocycles. The summed E-state index contributed by atoms with van der Waals surface area (Å²) in [5.74, 6) is 0.461. The molecule has 0 saturated carbocycles. The van der Waals surface area contributed by atoms with Crippen LogP contribution in [0.4, 0.5) is 0 Å². The quantitative estimate of drug-likeness (QED) is 0.751. The first-order valence-corrected chi connectivity index (χ1v) is 5.47. The number of hydrogen-bond acceptors (Lipinski definition) is 2. The number of imidazole rings is 1. The van der Waals surface area contributed by atoms with Gasteiger partial charge in [0.15, 0.2) is 5.65 Å². The Bertz CT molecular complexity index is 483. The third kappa shape index (κ3) is 1.74. The van der Waals surface area contributed by atoms with E-state index in [1.54, 1.807) is 0 Å². The van der Waals surface area contributed by atoms with Gasteiger partial charge in [-0.25, -0.2) is 9.50 Å². The van der Waals surface area contributed by atoms with E-state index in [9.17, 15) is 0 Å². The lowest BCUT2D eigenvalue weighted by Gasteiger charge is -2.07. The fourth-order valence-corrected chi connectivity index (χ4v) is 1.72. The van der Waals surface area contributed by atoms with Crippen molar-refractivity contribution in [2.24, 2.45) is 0 Å². The van der Waals surface area contributed by atoms with Crippen molar-refractivity contribution in [1.82, 2.24) is 14.6 Å². The van der Waals surface area contributed by atoms with E-state index in [-0.39, 0.29) is 0 Å². The standard InChI is InChI=1S/C12H17N3/c1-5-10-6-11(8(2)3)14-15-7-9(4)13-12(10)15/h6-8H,5H2,1-4H3. The van der Waals surface area contributed by atoms with Gasteiger partial charge in [0.1, 0.15) is 0 Å². The van der Waals surface area contributed by atoms with Crippen LogP contribution < -0.4 is 0 Å². The first kappa shape index (κ1) is 10.1. The van der Waals surface area contributed by atoms with E-state index >= 15 is 0 Å².